The van der Waals surface area contributed by atoms with Gasteiger partial charge in [0.15, 0.2) is 0 Å². The van der Waals surface area contributed by atoms with Gasteiger partial charge in [0.25, 0.3) is 0 Å². The van der Waals surface area contributed by atoms with Crippen LogP contribution in [0.1, 0.15) is 24.1 Å². The van der Waals surface area contributed by atoms with E-state index in [2.05, 4.69) is 10.0 Å². The zero-order valence-corrected chi connectivity index (χ0v) is 7.83. The maximum Gasteiger partial charge on any atom is 0.127 e. The summed E-state index contributed by atoms with van der Waals surface area (Å²) in [4.78, 5) is 2.54. The normalized spacial score (nSPS) is 12.0. The molecule has 0 aliphatic heterocycles. The Morgan fingerprint density at radius 2 is 2.00 bits per heavy atom. The van der Waals surface area contributed by atoms with Crippen LogP contribution in [0.3, 0.4) is 0 Å². The van der Waals surface area contributed by atoms with Gasteiger partial charge in [-0.25, -0.2) is 8.78 Å². The molecule has 1 rings (SSSR count). The van der Waals surface area contributed by atoms with Gasteiger partial charge in [0.1, 0.15) is 11.6 Å². The summed E-state index contributed by atoms with van der Waals surface area (Å²) >= 11 is 0. The van der Waals surface area contributed by atoms with Crippen LogP contribution < -0.4 is 0 Å². The lowest BCUT2D eigenvalue weighted by molar-refractivity contribution is 0.565. The lowest BCUT2D eigenvalue weighted by Gasteiger charge is -2.07. The second-order valence-electron chi connectivity index (χ2n) is 3.00. The molecule has 0 unspecified atom stereocenters. The summed E-state index contributed by atoms with van der Waals surface area (Å²) in [5, 5.41) is 3.30. The fourth-order valence-corrected chi connectivity index (χ4v) is 1.12. The third kappa shape index (κ3) is 2.00. The van der Waals surface area contributed by atoms with Gasteiger partial charge in [0.2, 0.25) is 0 Å². The van der Waals surface area contributed by atoms with Crippen molar-refractivity contribution in [1.29, 1.82) is 0 Å². The molecule has 0 amide bonds. The first-order valence-electron chi connectivity index (χ1n) is 4.06. The number of nitrogens with zero attached hydrogens (tertiary/aromatic N) is 3. The monoisotopic (exact) mass is 197 g/mol. The van der Waals surface area contributed by atoms with E-state index in [4.69, 9.17) is 5.53 Å². The second-order valence-corrected chi connectivity index (χ2v) is 3.00. The maximum atomic E-state index is 13.3. The Labute approximate surface area is 80.0 Å². The molecule has 1 aromatic rings. The number of halogens is 2. The Morgan fingerprint density at radius 1 is 1.36 bits per heavy atom. The molecule has 0 N–H and O–H groups in total. The number of benzene rings is 1. The van der Waals surface area contributed by atoms with E-state index in [1.807, 2.05) is 0 Å². The molecule has 0 bridgehead atoms. The predicted molar refractivity (Wildman–Crippen MR) is 48.7 cm³/mol. The minimum absolute atomic E-state index is 0.0749. The summed E-state index contributed by atoms with van der Waals surface area (Å²) < 4.78 is 26.3. The van der Waals surface area contributed by atoms with Crippen molar-refractivity contribution in [1.82, 2.24) is 0 Å². The minimum Gasteiger partial charge on any atom is -0.207 e. The summed E-state index contributed by atoms with van der Waals surface area (Å²) in [7, 11) is 0. The number of hydrogen-bond donors (Lipinski definition) is 0. The van der Waals surface area contributed by atoms with E-state index >= 15 is 0 Å². The Morgan fingerprint density at radius 3 is 2.57 bits per heavy atom. The van der Waals surface area contributed by atoms with Crippen LogP contribution in [0.2, 0.25) is 0 Å². The second kappa shape index (κ2) is 4.07. The van der Waals surface area contributed by atoms with Crippen molar-refractivity contribution in [3.05, 3.63) is 45.3 Å². The lowest BCUT2D eigenvalue weighted by atomic mass is 10.1. The van der Waals surface area contributed by atoms with Gasteiger partial charge < -0.3 is 0 Å². The van der Waals surface area contributed by atoms with Crippen LogP contribution in [-0.4, -0.2) is 0 Å². The summed E-state index contributed by atoms with van der Waals surface area (Å²) in [6.45, 7) is 2.98. The molecule has 0 saturated carbocycles. The molecule has 1 aromatic carbocycles. The Hall–Kier alpha value is -1.61. The molecule has 0 spiro atoms. The molecule has 0 aliphatic carbocycles. The zero-order chi connectivity index (χ0) is 10.7. The SMILES string of the molecule is Cc1cc(F)c([C@H](C)N=[N+]=[N-])cc1F. The van der Waals surface area contributed by atoms with E-state index < -0.39 is 17.7 Å². The fourth-order valence-electron chi connectivity index (χ4n) is 1.12. The van der Waals surface area contributed by atoms with Crippen LogP contribution in [-0.2, 0) is 0 Å². The Balaban J connectivity index is 3.21. The molecule has 0 saturated heterocycles. The highest BCUT2D eigenvalue weighted by atomic mass is 19.1. The highest BCUT2D eigenvalue weighted by Crippen LogP contribution is 2.23. The van der Waals surface area contributed by atoms with Gasteiger partial charge in [0.05, 0.1) is 6.04 Å². The molecular formula is C9H9F2N3. The Bertz CT molecular complexity index is 397. The number of rotatable bonds is 2. The highest BCUT2D eigenvalue weighted by molar-refractivity contribution is 5.27. The van der Waals surface area contributed by atoms with E-state index in [9.17, 15) is 8.78 Å². The summed E-state index contributed by atoms with van der Waals surface area (Å²) in [6, 6.07) is 1.45. The van der Waals surface area contributed by atoms with Gasteiger partial charge in [-0.3, -0.25) is 0 Å². The molecular weight excluding hydrogens is 188 g/mol. The molecule has 5 heteroatoms. The van der Waals surface area contributed by atoms with Gasteiger partial charge in [-0.05, 0) is 35.7 Å². The highest BCUT2D eigenvalue weighted by Gasteiger charge is 2.12. The lowest BCUT2D eigenvalue weighted by Crippen LogP contribution is -1.97. The van der Waals surface area contributed by atoms with Crippen molar-refractivity contribution in [2.75, 3.05) is 0 Å². The quantitative estimate of drug-likeness (QED) is 0.395. The third-order valence-corrected chi connectivity index (χ3v) is 1.95. The number of hydrogen-bond acceptors (Lipinski definition) is 1. The van der Waals surface area contributed by atoms with Crippen molar-refractivity contribution < 1.29 is 8.78 Å². The average molecular weight is 197 g/mol. The Kier molecular flexibility index (Phi) is 3.04. The number of azide groups is 1. The van der Waals surface area contributed by atoms with Crippen LogP contribution >= 0.6 is 0 Å². The van der Waals surface area contributed by atoms with Gasteiger partial charge in [-0.1, -0.05) is 12.0 Å². The summed E-state index contributed by atoms with van der Waals surface area (Å²) in [5.74, 6) is -1.05. The molecule has 0 aliphatic rings. The molecule has 14 heavy (non-hydrogen) atoms. The van der Waals surface area contributed by atoms with Crippen molar-refractivity contribution in [3.8, 4) is 0 Å². The first kappa shape index (κ1) is 10.5. The predicted octanol–water partition coefficient (Wildman–Crippen LogP) is 3.64. The first-order chi connectivity index (χ1) is 6.56. The van der Waals surface area contributed by atoms with Crippen LogP contribution in [0, 0.1) is 18.6 Å². The maximum absolute atomic E-state index is 13.3. The number of aryl methyl sites for hydroxylation is 1. The van der Waals surface area contributed by atoms with E-state index in [0.717, 1.165) is 12.1 Å². The van der Waals surface area contributed by atoms with Crippen LogP contribution in [0.15, 0.2) is 17.2 Å². The van der Waals surface area contributed by atoms with Crippen molar-refractivity contribution in [3.63, 3.8) is 0 Å². The van der Waals surface area contributed by atoms with E-state index in [0.29, 0.717) is 0 Å². The molecule has 74 valence electrons. The molecule has 3 nitrogen and oxygen atoms in total. The van der Waals surface area contributed by atoms with Crippen LogP contribution in [0.5, 0.6) is 0 Å². The summed E-state index contributed by atoms with van der Waals surface area (Å²) in [6.07, 6.45) is 0. The fraction of sp³-hybridized carbons (Fsp3) is 0.333. The minimum atomic E-state index is -0.699. The smallest absolute Gasteiger partial charge is 0.127 e. The van der Waals surface area contributed by atoms with Crippen LogP contribution in [0.25, 0.3) is 10.4 Å². The zero-order valence-electron chi connectivity index (χ0n) is 7.83. The standard InChI is InChI=1S/C9H9F2N3/c1-5-3-9(11)7(4-8(5)10)6(2)13-14-12/h3-4,6H,1-2H3/t6-/m0/s1. The molecule has 1 atom stereocenters. The molecule has 0 heterocycles. The van der Waals surface area contributed by atoms with Crippen LogP contribution in [0.4, 0.5) is 8.78 Å². The van der Waals surface area contributed by atoms with Gasteiger partial charge in [-0.15, -0.1) is 0 Å². The van der Waals surface area contributed by atoms with Gasteiger partial charge >= 0.3 is 0 Å². The van der Waals surface area contributed by atoms with Gasteiger partial charge in [-0.2, -0.15) is 0 Å². The van der Waals surface area contributed by atoms with E-state index in [1.54, 1.807) is 0 Å². The molecule has 0 radical (unpaired) electrons. The molecule has 0 aromatic heterocycles. The third-order valence-electron chi connectivity index (χ3n) is 1.95. The molecule has 0 fully saturated rings. The average Bonchev–Trinajstić information content (AvgIpc) is 2.11. The first-order valence-corrected chi connectivity index (χ1v) is 4.06. The van der Waals surface area contributed by atoms with Crippen molar-refractivity contribution in [2.45, 2.75) is 19.9 Å². The van der Waals surface area contributed by atoms with E-state index in [1.165, 1.54) is 13.8 Å². The topological polar surface area (TPSA) is 48.8 Å². The largest absolute Gasteiger partial charge is 0.207 e. The van der Waals surface area contributed by atoms with Crippen molar-refractivity contribution >= 4 is 0 Å². The summed E-state index contributed by atoms with van der Waals surface area (Å²) in [5.41, 5.74) is 8.47. The van der Waals surface area contributed by atoms with Gasteiger partial charge in [0, 0.05) is 4.91 Å². The van der Waals surface area contributed by atoms with E-state index in [-0.39, 0.29) is 11.1 Å². The van der Waals surface area contributed by atoms with Crippen molar-refractivity contribution in [2.24, 2.45) is 5.11 Å².